The highest BCUT2D eigenvalue weighted by Crippen LogP contribution is 2.40. The van der Waals surface area contributed by atoms with Gasteiger partial charge in [-0.05, 0) is 40.5 Å². The quantitative estimate of drug-likeness (QED) is 0.519. The summed E-state index contributed by atoms with van der Waals surface area (Å²) in [5.74, 6) is 0.232. The van der Waals surface area contributed by atoms with Crippen molar-refractivity contribution in [2.24, 2.45) is 5.41 Å². The van der Waals surface area contributed by atoms with Crippen molar-refractivity contribution in [2.75, 3.05) is 0 Å². The van der Waals surface area contributed by atoms with E-state index in [9.17, 15) is 4.79 Å². The van der Waals surface area contributed by atoms with E-state index in [0.29, 0.717) is 12.8 Å². The second kappa shape index (κ2) is 6.66. The van der Waals surface area contributed by atoms with Crippen molar-refractivity contribution < 1.29 is 4.79 Å². The third-order valence-corrected chi connectivity index (χ3v) is 5.84. The van der Waals surface area contributed by atoms with Gasteiger partial charge in [-0.1, -0.05) is 38.1 Å². The number of Topliss-reactive ketones (excluding diaryl/α,β-unsaturated/α-hetero) is 1. The number of nitrogens with zero attached hydrogens (tertiary/aromatic N) is 2. The van der Waals surface area contributed by atoms with E-state index in [1.165, 1.54) is 5.39 Å². The fourth-order valence-corrected chi connectivity index (χ4v) is 4.58. The molecule has 0 saturated carbocycles. The monoisotopic (exact) mass is 381 g/mol. The molecule has 144 valence electrons. The number of carbonyl (C=O) groups excluding carboxylic acids is 1. The molecule has 1 aliphatic carbocycles. The number of aromatic nitrogens is 3. The van der Waals surface area contributed by atoms with Crippen molar-refractivity contribution in [1.82, 2.24) is 15.0 Å². The molecule has 1 N–H and O–H groups in total. The zero-order valence-corrected chi connectivity index (χ0v) is 16.7. The van der Waals surface area contributed by atoms with E-state index in [0.717, 1.165) is 45.4 Å². The zero-order valence-electron chi connectivity index (χ0n) is 16.7. The van der Waals surface area contributed by atoms with Crippen LogP contribution in [0.5, 0.6) is 0 Å². The first-order valence-corrected chi connectivity index (χ1v) is 10.0. The zero-order chi connectivity index (χ0) is 20.0. The van der Waals surface area contributed by atoms with Crippen LogP contribution >= 0.6 is 0 Å². The summed E-state index contributed by atoms with van der Waals surface area (Å²) in [5.41, 5.74) is 6.20. The second-order valence-corrected chi connectivity index (χ2v) is 8.71. The minimum atomic E-state index is -0.0251. The Kier molecular flexibility index (Phi) is 4.09. The standard InChI is InChI=1S/C25H23N3O/c1-25(2)12-21-23(22(29)13-25)20(24(28-21)16-7-9-26-10-8-16)11-18-15-27-14-17-5-3-4-6-19(17)18/h3-10,14-15,28H,11-13H2,1-2H3. The van der Waals surface area contributed by atoms with Gasteiger partial charge in [0.1, 0.15) is 0 Å². The van der Waals surface area contributed by atoms with Crippen molar-refractivity contribution in [3.05, 3.63) is 83.6 Å². The Balaban J connectivity index is 1.71. The fourth-order valence-electron chi connectivity index (χ4n) is 4.58. The Morgan fingerprint density at radius 2 is 1.79 bits per heavy atom. The van der Waals surface area contributed by atoms with Gasteiger partial charge in [0, 0.05) is 59.8 Å². The summed E-state index contributed by atoms with van der Waals surface area (Å²) in [4.78, 5) is 25.4. The Bertz CT molecular complexity index is 1220. The lowest BCUT2D eigenvalue weighted by molar-refractivity contribution is 0.0911. The molecule has 29 heavy (non-hydrogen) atoms. The molecule has 0 aliphatic heterocycles. The third kappa shape index (κ3) is 3.15. The Morgan fingerprint density at radius 3 is 2.62 bits per heavy atom. The lowest BCUT2D eigenvalue weighted by Gasteiger charge is -2.28. The third-order valence-electron chi connectivity index (χ3n) is 5.84. The molecule has 3 aromatic heterocycles. The number of aromatic amines is 1. The van der Waals surface area contributed by atoms with Gasteiger partial charge in [0.15, 0.2) is 5.78 Å². The van der Waals surface area contributed by atoms with E-state index in [4.69, 9.17) is 0 Å². The molecule has 4 aromatic rings. The topological polar surface area (TPSA) is 58.6 Å². The lowest BCUT2D eigenvalue weighted by atomic mass is 9.75. The molecule has 0 fully saturated rings. The summed E-state index contributed by atoms with van der Waals surface area (Å²) in [6, 6.07) is 12.3. The van der Waals surface area contributed by atoms with Crippen LogP contribution in [-0.2, 0) is 12.8 Å². The van der Waals surface area contributed by atoms with E-state index in [2.05, 4.69) is 47.0 Å². The minimum Gasteiger partial charge on any atom is -0.358 e. The first-order chi connectivity index (χ1) is 14.0. The van der Waals surface area contributed by atoms with Gasteiger partial charge in [0.25, 0.3) is 0 Å². The van der Waals surface area contributed by atoms with Crippen LogP contribution in [0.25, 0.3) is 22.0 Å². The average Bonchev–Trinajstić information content (AvgIpc) is 3.06. The van der Waals surface area contributed by atoms with E-state index >= 15 is 0 Å². The molecule has 0 saturated heterocycles. The summed E-state index contributed by atoms with van der Waals surface area (Å²) < 4.78 is 0. The van der Waals surface area contributed by atoms with Gasteiger partial charge in [0.05, 0.1) is 5.69 Å². The molecule has 0 bridgehead atoms. The molecule has 0 atom stereocenters. The number of hydrogen-bond acceptors (Lipinski definition) is 3. The number of carbonyl (C=O) groups is 1. The number of rotatable bonds is 3. The van der Waals surface area contributed by atoms with Gasteiger partial charge in [-0.15, -0.1) is 0 Å². The van der Waals surface area contributed by atoms with Crippen LogP contribution in [0.15, 0.2) is 61.2 Å². The molecular weight excluding hydrogens is 358 g/mol. The molecule has 3 heterocycles. The Labute approximate surface area is 170 Å². The van der Waals surface area contributed by atoms with Crippen LogP contribution in [-0.4, -0.2) is 20.7 Å². The van der Waals surface area contributed by atoms with E-state index in [1.807, 2.05) is 30.6 Å². The maximum atomic E-state index is 13.2. The van der Waals surface area contributed by atoms with E-state index in [-0.39, 0.29) is 11.2 Å². The number of benzene rings is 1. The summed E-state index contributed by atoms with van der Waals surface area (Å²) in [6.07, 6.45) is 9.53. The predicted octanol–water partition coefficient (Wildman–Crippen LogP) is 5.37. The SMILES string of the molecule is CC1(C)CC(=O)c2c([nH]c(-c3ccncc3)c2Cc2cncc3ccccc23)C1. The molecule has 4 nitrogen and oxygen atoms in total. The van der Waals surface area contributed by atoms with Crippen LogP contribution in [0.1, 0.15) is 47.4 Å². The fraction of sp³-hybridized carbons (Fsp3) is 0.240. The van der Waals surface area contributed by atoms with Crippen LogP contribution in [0, 0.1) is 5.41 Å². The van der Waals surface area contributed by atoms with Crippen molar-refractivity contribution in [2.45, 2.75) is 33.1 Å². The average molecular weight is 381 g/mol. The highest BCUT2D eigenvalue weighted by Gasteiger charge is 2.35. The van der Waals surface area contributed by atoms with Gasteiger partial charge in [-0.25, -0.2) is 0 Å². The largest absolute Gasteiger partial charge is 0.358 e. The summed E-state index contributed by atoms with van der Waals surface area (Å²) in [6.45, 7) is 4.32. The van der Waals surface area contributed by atoms with Crippen molar-refractivity contribution in [3.63, 3.8) is 0 Å². The van der Waals surface area contributed by atoms with E-state index in [1.54, 1.807) is 12.4 Å². The Morgan fingerprint density at radius 1 is 1.00 bits per heavy atom. The summed E-state index contributed by atoms with van der Waals surface area (Å²) in [5, 5.41) is 2.30. The smallest absolute Gasteiger partial charge is 0.165 e. The van der Waals surface area contributed by atoms with Gasteiger partial charge >= 0.3 is 0 Å². The van der Waals surface area contributed by atoms with Gasteiger partial charge in [0.2, 0.25) is 0 Å². The normalized spacial score (nSPS) is 15.4. The molecule has 0 spiro atoms. The van der Waals surface area contributed by atoms with Gasteiger partial charge < -0.3 is 4.98 Å². The van der Waals surface area contributed by atoms with Gasteiger partial charge in [-0.2, -0.15) is 0 Å². The first kappa shape index (κ1) is 17.8. The maximum Gasteiger partial charge on any atom is 0.165 e. The minimum absolute atomic E-state index is 0.0251. The molecule has 4 heteroatoms. The van der Waals surface area contributed by atoms with Crippen molar-refractivity contribution >= 4 is 16.6 Å². The number of ketones is 1. The van der Waals surface area contributed by atoms with Gasteiger partial charge in [-0.3, -0.25) is 14.8 Å². The molecule has 5 rings (SSSR count). The van der Waals surface area contributed by atoms with Crippen LogP contribution in [0.3, 0.4) is 0 Å². The highest BCUT2D eigenvalue weighted by molar-refractivity contribution is 6.02. The molecule has 0 unspecified atom stereocenters. The lowest BCUT2D eigenvalue weighted by Crippen LogP contribution is -2.27. The summed E-state index contributed by atoms with van der Waals surface area (Å²) >= 11 is 0. The molecular formula is C25H23N3O. The second-order valence-electron chi connectivity index (χ2n) is 8.71. The Hall–Kier alpha value is -3.27. The first-order valence-electron chi connectivity index (χ1n) is 10.0. The maximum absolute atomic E-state index is 13.2. The van der Waals surface area contributed by atoms with Crippen molar-refractivity contribution in [1.29, 1.82) is 0 Å². The number of fused-ring (bicyclic) bond motifs is 2. The molecule has 1 aliphatic rings. The van der Waals surface area contributed by atoms with Crippen LogP contribution in [0.2, 0.25) is 0 Å². The molecule has 1 aromatic carbocycles. The van der Waals surface area contributed by atoms with E-state index < -0.39 is 0 Å². The summed E-state index contributed by atoms with van der Waals surface area (Å²) in [7, 11) is 0. The number of H-pyrrole nitrogens is 1. The van der Waals surface area contributed by atoms with Crippen LogP contribution in [0.4, 0.5) is 0 Å². The number of nitrogens with one attached hydrogen (secondary N) is 1. The molecule has 0 amide bonds. The van der Waals surface area contributed by atoms with Crippen molar-refractivity contribution in [3.8, 4) is 11.3 Å². The number of pyridine rings is 2. The number of hydrogen-bond donors (Lipinski definition) is 1. The highest BCUT2D eigenvalue weighted by atomic mass is 16.1. The van der Waals surface area contributed by atoms with Crippen LogP contribution < -0.4 is 0 Å². The predicted molar refractivity (Wildman–Crippen MR) is 115 cm³/mol. The molecule has 0 radical (unpaired) electrons.